The highest BCUT2D eigenvalue weighted by Crippen LogP contribution is 2.31. The molecule has 1 aliphatic rings. The number of piperidine rings is 1. The first-order chi connectivity index (χ1) is 14.7. The van der Waals surface area contributed by atoms with Crippen molar-refractivity contribution in [2.75, 3.05) is 28.6 Å². The number of amides is 3. The van der Waals surface area contributed by atoms with Crippen molar-refractivity contribution < 1.29 is 9.59 Å². The van der Waals surface area contributed by atoms with E-state index in [0.717, 1.165) is 31.6 Å². The Kier molecular flexibility index (Phi) is 7.68. The molecule has 2 aromatic rings. The zero-order chi connectivity index (χ0) is 22.5. The van der Waals surface area contributed by atoms with E-state index in [4.69, 9.17) is 23.2 Å². The number of nitrogens with zero attached hydrogens (tertiary/aromatic N) is 1. The molecule has 0 aromatic heterocycles. The predicted molar refractivity (Wildman–Crippen MR) is 129 cm³/mol. The second kappa shape index (κ2) is 10.2. The first-order valence-electron chi connectivity index (χ1n) is 10.5. The van der Waals surface area contributed by atoms with Crippen LogP contribution in [-0.4, -0.2) is 31.1 Å². The van der Waals surface area contributed by atoms with Gasteiger partial charge in [0.1, 0.15) is 0 Å². The van der Waals surface area contributed by atoms with Gasteiger partial charge in [-0.3, -0.25) is 4.79 Å². The Labute approximate surface area is 193 Å². The molecule has 3 rings (SSSR count). The molecule has 3 amide bonds. The maximum absolute atomic E-state index is 12.9. The maximum Gasteiger partial charge on any atom is 0.323 e. The number of anilines is 3. The molecule has 1 aliphatic heterocycles. The standard InChI is InChI=1S/C23H28Cl2N4O2/c1-14(2)26-22(30)17-13-16(7-8-20(17)29-11-9-15(3)10-12-29)27-23(31)28-19-6-4-5-18(24)21(19)25/h4-8,13-15H,9-12H2,1-3H3,(H,26,30)(H2,27,28,31). The lowest BCUT2D eigenvalue weighted by Gasteiger charge is -2.33. The third-order valence-corrected chi connectivity index (χ3v) is 6.06. The van der Waals surface area contributed by atoms with E-state index in [2.05, 4.69) is 27.8 Å². The van der Waals surface area contributed by atoms with Gasteiger partial charge in [0.05, 0.1) is 21.3 Å². The van der Waals surface area contributed by atoms with E-state index in [0.29, 0.717) is 27.9 Å². The number of hydrogen-bond donors (Lipinski definition) is 3. The summed E-state index contributed by atoms with van der Waals surface area (Å²) in [6, 6.07) is 9.95. The molecule has 31 heavy (non-hydrogen) atoms. The fourth-order valence-corrected chi connectivity index (χ4v) is 3.89. The molecule has 1 fully saturated rings. The second-order valence-electron chi connectivity index (χ2n) is 8.21. The molecule has 0 atom stereocenters. The normalized spacial score (nSPS) is 14.5. The Morgan fingerprint density at radius 2 is 1.77 bits per heavy atom. The fraction of sp³-hybridized carbons (Fsp3) is 0.391. The van der Waals surface area contributed by atoms with Crippen LogP contribution in [-0.2, 0) is 0 Å². The zero-order valence-corrected chi connectivity index (χ0v) is 19.5. The largest absolute Gasteiger partial charge is 0.371 e. The first kappa shape index (κ1) is 23.2. The predicted octanol–water partition coefficient (Wildman–Crippen LogP) is 6.01. The maximum atomic E-state index is 12.9. The van der Waals surface area contributed by atoms with Crippen molar-refractivity contribution in [3.05, 3.63) is 52.0 Å². The van der Waals surface area contributed by atoms with Crippen LogP contribution >= 0.6 is 23.2 Å². The summed E-state index contributed by atoms with van der Waals surface area (Å²) < 4.78 is 0. The summed E-state index contributed by atoms with van der Waals surface area (Å²) in [7, 11) is 0. The molecule has 6 nitrogen and oxygen atoms in total. The summed E-state index contributed by atoms with van der Waals surface area (Å²) >= 11 is 12.1. The lowest BCUT2D eigenvalue weighted by atomic mass is 9.97. The van der Waals surface area contributed by atoms with Gasteiger partial charge in [0.25, 0.3) is 5.91 Å². The average Bonchev–Trinajstić information content (AvgIpc) is 2.71. The van der Waals surface area contributed by atoms with Crippen LogP contribution in [0.2, 0.25) is 10.0 Å². The Hall–Kier alpha value is -2.44. The highest BCUT2D eigenvalue weighted by atomic mass is 35.5. The molecule has 0 spiro atoms. The van der Waals surface area contributed by atoms with Crippen molar-refractivity contribution >= 4 is 52.2 Å². The minimum absolute atomic E-state index is 0.00612. The number of hydrogen-bond acceptors (Lipinski definition) is 3. The third kappa shape index (κ3) is 6.05. The SMILES string of the molecule is CC1CCN(c2ccc(NC(=O)Nc3cccc(Cl)c3Cl)cc2C(=O)NC(C)C)CC1. The molecule has 166 valence electrons. The number of carbonyl (C=O) groups excluding carboxylic acids is 2. The minimum Gasteiger partial charge on any atom is -0.371 e. The Morgan fingerprint density at radius 3 is 2.45 bits per heavy atom. The van der Waals surface area contributed by atoms with E-state index in [-0.39, 0.29) is 17.0 Å². The van der Waals surface area contributed by atoms with Gasteiger partial charge < -0.3 is 20.9 Å². The molecule has 0 saturated carbocycles. The minimum atomic E-state index is -0.473. The summed E-state index contributed by atoms with van der Waals surface area (Å²) in [5.41, 5.74) is 2.35. The number of nitrogens with one attached hydrogen (secondary N) is 3. The Balaban J connectivity index is 1.81. The van der Waals surface area contributed by atoms with E-state index < -0.39 is 6.03 Å². The molecule has 1 heterocycles. The smallest absolute Gasteiger partial charge is 0.323 e. The summed E-state index contributed by atoms with van der Waals surface area (Å²) in [5, 5.41) is 9.04. The van der Waals surface area contributed by atoms with E-state index >= 15 is 0 Å². The highest BCUT2D eigenvalue weighted by Gasteiger charge is 2.22. The van der Waals surface area contributed by atoms with Crippen molar-refractivity contribution in [3.8, 4) is 0 Å². The monoisotopic (exact) mass is 462 g/mol. The van der Waals surface area contributed by atoms with Crippen molar-refractivity contribution in [3.63, 3.8) is 0 Å². The number of benzene rings is 2. The van der Waals surface area contributed by atoms with Gasteiger partial charge in [-0.1, -0.05) is 36.2 Å². The van der Waals surface area contributed by atoms with E-state index in [1.807, 2.05) is 19.9 Å². The van der Waals surface area contributed by atoms with Crippen LogP contribution in [0.3, 0.4) is 0 Å². The van der Waals surface area contributed by atoms with Crippen molar-refractivity contribution in [2.24, 2.45) is 5.92 Å². The third-order valence-electron chi connectivity index (χ3n) is 5.24. The highest BCUT2D eigenvalue weighted by molar-refractivity contribution is 6.44. The molecule has 0 radical (unpaired) electrons. The van der Waals surface area contributed by atoms with Crippen molar-refractivity contribution in [2.45, 2.75) is 39.7 Å². The average molecular weight is 463 g/mol. The summed E-state index contributed by atoms with van der Waals surface area (Å²) in [5.74, 6) is 0.526. The lowest BCUT2D eigenvalue weighted by molar-refractivity contribution is 0.0943. The van der Waals surface area contributed by atoms with Gasteiger partial charge in [-0.15, -0.1) is 0 Å². The van der Waals surface area contributed by atoms with Crippen molar-refractivity contribution in [1.82, 2.24) is 5.32 Å². The number of carbonyl (C=O) groups is 2. The summed E-state index contributed by atoms with van der Waals surface area (Å²) in [4.78, 5) is 27.6. The number of urea groups is 1. The van der Waals surface area contributed by atoms with E-state index in [1.165, 1.54) is 0 Å². The summed E-state index contributed by atoms with van der Waals surface area (Å²) in [6.07, 6.45) is 2.18. The molecule has 0 bridgehead atoms. The Bertz CT molecular complexity index is 957. The van der Waals surface area contributed by atoms with Crippen LogP contribution in [0.25, 0.3) is 0 Å². The van der Waals surface area contributed by atoms with Crippen LogP contribution in [0.15, 0.2) is 36.4 Å². The molecule has 8 heteroatoms. The quantitative estimate of drug-likeness (QED) is 0.508. The number of rotatable bonds is 5. The van der Waals surface area contributed by atoms with Gasteiger partial charge in [0.2, 0.25) is 0 Å². The van der Waals surface area contributed by atoms with Gasteiger partial charge in [-0.25, -0.2) is 4.79 Å². The van der Waals surface area contributed by atoms with Crippen LogP contribution in [0.5, 0.6) is 0 Å². The van der Waals surface area contributed by atoms with E-state index in [9.17, 15) is 9.59 Å². The second-order valence-corrected chi connectivity index (χ2v) is 9.00. The Morgan fingerprint density at radius 1 is 1.06 bits per heavy atom. The molecular weight excluding hydrogens is 435 g/mol. The van der Waals surface area contributed by atoms with Gasteiger partial charge in [0, 0.05) is 30.5 Å². The van der Waals surface area contributed by atoms with Crippen LogP contribution in [0.4, 0.5) is 21.9 Å². The molecule has 0 aliphatic carbocycles. The van der Waals surface area contributed by atoms with Crippen LogP contribution in [0, 0.1) is 5.92 Å². The molecule has 0 unspecified atom stereocenters. The van der Waals surface area contributed by atoms with Crippen LogP contribution < -0.4 is 20.9 Å². The molecule has 1 saturated heterocycles. The van der Waals surface area contributed by atoms with E-state index in [1.54, 1.807) is 30.3 Å². The molecular formula is C23H28Cl2N4O2. The van der Waals surface area contributed by atoms with Crippen LogP contribution in [0.1, 0.15) is 44.0 Å². The lowest BCUT2D eigenvalue weighted by Crippen LogP contribution is -2.36. The molecule has 3 N–H and O–H groups in total. The van der Waals surface area contributed by atoms with Crippen molar-refractivity contribution in [1.29, 1.82) is 0 Å². The van der Waals surface area contributed by atoms with Gasteiger partial charge in [-0.05, 0) is 62.9 Å². The van der Waals surface area contributed by atoms with Gasteiger partial charge >= 0.3 is 6.03 Å². The van der Waals surface area contributed by atoms with Gasteiger partial charge in [0.15, 0.2) is 0 Å². The first-order valence-corrected chi connectivity index (χ1v) is 11.2. The topological polar surface area (TPSA) is 73.5 Å². The number of halogens is 2. The molecule has 2 aromatic carbocycles. The zero-order valence-electron chi connectivity index (χ0n) is 18.0. The van der Waals surface area contributed by atoms with Gasteiger partial charge in [-0.2, -0.15) is 0 Å². The fourth-order valence-electron chi connectivity index (χ4n) is 3.55. The summed E-state index contributed by atoms with van der Waals surface area (Å²) in [6.45, 7) is 7.91.